The highest BCUT2D eigenvalue weighted by Gasteiger charge is 2.28. The molecule has 1 atom stereocenters. The number of aliphatic carboxylic acids is 1. The van der Waals surface area contributed by atoms with Crippen LogP contribution in [-0.2, 0) is 27.3 Å². The van der Waals surface area contributed by atoms with E-state index in [0.717, 1.165) is 29.9 Å². The highest BCUT2D eigenvalue weighted by molar-refractivity contribution is 5.97. The zero-order chi connectivity index (χ0) is 24.5. The summed E-state index contributed by atoms with van der Waals surface area (Å²) in [5.74, 6) is 0.389. The Hall–Kier alpha value is -3.16. The number of ether oxygens (including phenoxy) is 1. The van der Waals surface area contributed by atoms with Gasteiger partial charge in [-0.25, -0.2) is 9.98 Å². The van der Waals surface area contributed by atoms with Crippen LogP contribution >= 0.6 is 0 Å². The lowest BCUT2D eigenvalue weighted by molar-refractivity contribution is -0.137. The van der Waals surface area contributed by atoms with E-state index in [-0.39, 0.29) is 18.9 Å². The van der Waals surface area contributed by atoms with Crippen LogP contribution in [0.4, 0.5) is 0 Å². The third kappa shape index (κ3) is 7.16. The quantitative estimate of drug-likeness (QED) is 0.447. The fourth-order valence-electron chi connectivity index (χ4n) is 5.02. The van der Waals surface area contributed by atoms with Crippen molar-refractivity contribution < 1.29 is 19.4 Å². The van der Waals surface area contributed by atoms with Gasteiger partial charge in [0.15, 0.2) is 6.04 Å². The summed E-state index contributed by atoms with van der Waals surface area (Å²) in [7, 11) is 0. The zero-order valence-corrected chi connectivity index (χ0v) is 20.3. The molecule has 2 N–H and O–H groups in total. The fourth-order valence-corrected chi connectivity index (χ4v) is 5.02. The Kier molecular flexibility index (Phi) is 8.92. The summed E-state index contributed by atoms with van der Waals surface area (Å²) in [5.41, 5.74) is 2.72. The second-order valence-electron chi connectivity index (χ2n) is 9.62. The number of nitrogens with zero attached hydrogens (tertiary/aromatic N) is 3. The minimum Gasteiger partial charge on any atom is -0.481 e. The predicted octanol–water partition coefficient (Wildman–Crippen LogP) is 3.96. The van der Waals surface area contributed by atoms with Gasteiger partial charge >= 0.3 is 5.97 Å². The molecule has 1 saturated carbocycles. The van der Waals surface area contributed by atoms with Gasteiger partial charge in [-0.3, -0.25) is 9.59 Å². The number of carbonyl (C=O) groups is 2. The van der Waals surface area contributed by atoms with Gasteiger partial charge in [0.2, 0.25) is 11.8 Å². The SMILES string of the molecule is O=C(O)CCc1ccccc1Cn1cncc1C1=NC(C(=O)NCCCCC2CCCCC2)CO1. The molecule has 0 bridgehead atoms. The third-order valence-corrected chi connectivity index (χ3v) is 7.02. The number of hydrogen-bond acceptors (Lipinski definition) is 5. The molecule has 2 aromatic rings. The van der Waals surface area contributed by atoms with Crippen molar-refractivity contribution in [2.75, 3.05) is 13.2 Å². The number of amides is 1. The van der Waals surface area contributed by atoms with E-state index in [9.17, 15) is 9.59 Å². The molecule has 1 aliphatic carbocycles. The zero-order valence-electron chi connectivity index (χ0n) is 20.3. The van der Waals surface area contributed by atoms with Crippen LogP contribution in [-0.4, -0.2) is 51.6 Å². The molecule has 188 valence electrons. The Morgan fingerprint density at radius 3 is 2.71 bits per heavy atom. The molecular formula is C27H36N4O4. The highest BCUT2D eigenvalue weighted by Crippen LogP contribution is 2.27. The molecule has 1 unspecified atom stereocenters. The average molecular weight is 481 g/mol. The van der Waals surface area contributed by atoms with E-state index >= 15 is 0 Å². The lowest BCUT2D eigenvalue weighted by Gasteiger charge is -2.21. The van der Waals surface area contributed by atoms with Crippen molar-refractivity contribution in [2.24, 2.45) is 10.9 Å². The molecule has 35 heavy (non-hydrogen) atoms. The Morgan fingerprint density at radius 2 is 1.91 bits per heavy atom. The number of carboxylic acids is 1. The van der Waals surface area contributed by atoms with E-state index in [1.807, 2.05) is 28.8 Å². The summed E-state index contributed by atoms with van der Waals surface area (Å²) >= 11 is 0. The summed E-state index contributed by atoms with van der Waals surface area (Å²) in [5, 5.41) is 12.1. The number of aromatic nitrogens is 2. The Balaban J connectivity index is 1.28. The van der Waals surface area contributed by atoms with E-state index in [4.69, 9.17) is 9.84 Å². The number of aliphatic imine (C=N–C) groups is 1. The summed E-state index contributed by atoms with van der Waals surface area (Å²) in [4.78, 5) is 32.4. The number of unbranched alkanes of at least 4 members (excludes halogenated alkanes) is 1. The third-order valence-electron chi connectivity index (χ3n) is 7.02. The predicted molar refractivity (Wildman–Crippen MR) is 133 cm³/mol. The van der Waals surface area contributed by atoms with Crippen molar-refractivity contribution >= 4 is 17.8 Å². The molecule has 0 spiro atoms. The number of rotatable bonds is 12. The number of benzene rings is 1. The largest absolute Gasteiger partial charge is 0.481 e. The molecule has 4 rings (SSSR count). The van der Waals surface area contributed by atoms with Gasteiger partial charge < -0.3 is 19.7 Å². The molecule has 1 fully saturated rings. The Bertz CT molecular complexity index is 1030. The van der Waals surface area contributed by atoms with Crippen LogP contribution in [0.15, 0.2) is 41.8 Å². The molecule has 1 aliphatic heterocycles. The number of imidazole rings is 1. The maximum Gasteiger partial charge on any atom is 0.303 e. The van der Waals surface area contributed by atoms with Gasteiger partial charge in [-0.1, -0.05) is 69.2 Å². The van der Waals surface area contributed by atoms with E-state index in [2.05, 4.69) is 15.3 Å². The molecule has 8 nitrogen and oxygen atoms in total. The van der Waals surface area contributed by atoms with E-state index in [1.165, 1.54) is 38.5 Å². The number of carbonyl (C=O) groups excluding carboxylic acids is 1. The highest BCUT2D eigenvalue weighted by atomic mass is 16.5. The Morgan fingerprint density at radius 1 is 1.11 bits per heavy atom. The second kappa shape index (κ2) is 12.5. The van der Waals surface area contributed by atoms with Crippen molar-refractivity contribution in [2.45, 2.75) is 76.8 Å². The van der Waals surface area contributed by atoms with Crippen LogP contribution < -0.4 is 5.32 Å². The monoisotopic (exact) mass is 480 g/mol. The van der Waals surface area contributed by atoms with Crippen molar-refractivity contribution in [1.29, 1.82) is 0 Å². The van der Waals surface area contributed by atoms with Crippen LogP contribution in [0, 0.1) is 5.92 Å². The number of nitrogens with one attached hydrogen (secondary N) is 1. The topological polar surface area (TPSA) is 106 Å². The minimum absolute atomic E-state index is 0.0843. The van der Waals surface area contributed by atoms with E-state index in [0.29, 0.717) is 31.1 Å². The molecule has 1 aromatic carbocycles. The number of aryl methyl sites for hydroxylation is 1. The molecule has 1 aromatic heterocycles. The first-order valence-corrected chi connectivity index (χ1v) is 12.9. The normalized spacial score (nSPS) is 18.2. The van der Waals surface area contributed by atoms with Gasteiger partial charge in [-0.05, 0) is 29.9 Å². The molecule has 8 heteroatoms. The van der Waals surface area contributed by atoms with Gasteiger partial charge in [-0.2, -0.15) is 0 Å². The van der Waals surface area contributed by atoms with Gasteiger partial charge in [0.25, 0.3) is 0 Å². The van der Waals surface area contributed by atoms with E-state index in [1.54, 1.807) is 12.5 Å². The molecule has 2 heterocycles. The van der Waals surface area contributed by atoms with E-state index < -0.39 is 12.0 Å². The average Bonchev–Trinajstić information content (AvgIpc) is 3.53. The maximum atomic E-state index is 12.6. The summed E-state index contributed by atoms with van der Waals surface area (Å²) in [6.45, 7) is 1.42. The summed E-state index contributed by atoms with van der Waals surface area (Å²) in [6, 6.07) is 7.25. The molecule has 0 saturated heterocycles. The van der Waals surface area contributed by atoms with Gasteiger partial charge in [0, 0.05) is 19.5 Å². The molecule has 0 radical (unpaired) electrons. The van der Waals surface area contributed by atoms with Crippen LogP contribution in [0.2, 0.25) is 0 Å². The first-order valence-electron chi connectivity index (χ1n) is 12.9. The second-order valence-corrected chi connectivity index (χ2v) is 9.62. The smallest absolute Gasteiger partial charge is 0.303 e. The van der Waals surface area contributed by atoms with Crippen molar-refractivity contribution in [1.82, 2.24) is 14.9 Å². The molecule has 2 aliphatic rings. The molecule has 1 amide bonds. The Labute approximate surface area is 206 Å². The standard InChI is InChI=1S/C27H36N4O4/c32-25(33)14-13-21-11-4-5-12-22(21)17-31-19-28-16-24(31)27-30-23(18-35-27)26(34)29-15-7-6-10-20-8-2-1-3-9-20/h4-5,11-12,16,19-20,23H,1-3,6-10,13-15,17-18H2,(H,29,34)(H,32,33). The van der Waals surface area contributed by atoms with Crippen LogP contribution in [0.5, 0.6) is 0 Å². The minimum atomic E-state index is -0.814. The lowest BCUT2D eigenvalue weighted by Crippen LogP contribution is -2.34. The summed E-state index contributed by atoms with van der Waals surface area (Å²) < 4.78 is 7.70. The van der Waals surface area contributed by atoms with Crippen LogP contribution in [0.3, 0.4) is 0 Å². The first kappa shape index (κ1) is 24.9. The number of hydrogen-bond donors (Lipinski definition) is 2. The van der Waals surface area contributed by atoms with Crippen LogP contribution in [0.25, 0.3) is 0 Å². The van der Waals surface area contributed by atoms with Gasteiger partial charge in [0.1, 0.15) is 12.3 Å². The lowest BCUT2D eigenvalue weighted by atomic mass is 9.86. The molecular weight excluding hydrogens is 444 g/mol. The van der Waals surface area contributed by atoms with Gasteiger partial charge in [-0.15, -0.1) is 0 Å². The van der Waals surface area contributed by atoms with Crippen molar-refractivity contribution in [3.05, 3.63) is 53.6 Å². The fraction of sp³-hybridized carbons (Fsp3) is 0.556. The number of carboxylic acid groups (broad SMARTS) is 1. The van der Waals surface area contributed by atoms with Gasteiger partial charge in [0.05, 0.1) is 12.5 Å². The maximum absolute atomic E-state index is 12.6. The first-order chi connectivity index (χ1) is 17.1. The van der Waals surface area contributed by atoms with Crippen molar-refractivity contribution in [3.63, 3.8) is 0 Å². The van der Waals surface area contributed by atoms with Crippen LogP contribution in [0.1, 0.15) is 74.6 Å². The van der Waals surface area contributed by atoms with Crippen molar-refractivity contribution in [3.8, 4) is 0 Å². The summed E-state index contributed by atoms with van der Waals surface area (Å²) in [6.07, 6.45) is 14.2.